The van der Waals surface area contributed by atoms with Crippen LogP contribution in [-0.4, -0.2) is 42.8 Å². The normalized spacial score (nSPS) is 11.7. The lowest BCUT2D eigenvalue weighted by Crippen LogP contribution is -2.44. The molecule has 0 aliphatic heterocycles. The van der Waals surface area contributed by atoms with Crippen molar-refractivity contribution < 1.29 is 23.9 Å². The zero-order chi connectivity index (χ0) is 26.1. The van der Waals surface area contributed by atoms with Crippen LogP contribution >= 0.6 is 0 Å². The number of aryl methyl sites for hydroxylation is 1. The van der Waals surface area contributed by atoms with E-state index in [0.29, 0.717) is 30.0 Å². The monoisotopic (exact) mass is 493 g/mol. The quantitative estimate of drug-likeness (QED) is 0.299. The summed E-state index contributed by atoms with van der Waals surface area (Å²) in [5.74, 6) is 1.04. The molecule has 0 unspecified atom stereocenters. The molecule has 3 rings (SSSR count). The second kappa shape index (κ2) is 12.8. The van der Waals surface area contributed by atoms with Gasteiger partial charge in [-0.15, -0.1) is 0 Å². The Morgan fingerprint density at radius 1 is 0.944 bits per heavy atom. The summed E-state index contributed by atoms with van der Waals surface area (Å²) in [5.41, 5.74) is 3.32. The van der Waals surface area contributed by atoms with E-state index in [0.717, 1.165) is 41.4 Å². The van der Waals surface area contributed by atoms with Gasteiger partial charge in [0.25, 0.3) is 0 Å². The maximum absolute atomic E-state index is 13.1. The smallest absolute Gasteiger partial charge is 0.246 e. The van der Waals surface area contributed by atoms with Crippen LogP contribution < -0.4 is 20.1 Å². The Balaban J connectivity index is 1.70. The lowest BCUT2D eigenvalue weighted by Gasteiger charge is -2.19. The Morgan fingerprint density at radius 3 is 2.31 bits per heavy atom. The van der Waals surface area contributed by atoms with Gasteiger partial charge in [0.15, 0.2) is 0 Å². The van der Waals surface area contributed by atoms with E-state index >= 15 is 0 Å². The Bertz CT molecular complexity index is 1200. The molecule has 0 radical (unpaired) electrons. The standard InChI is InChI=1S/C28H35N3O5/c1-18(32)8-6-5-7-9-26(28(34)30-20-10-12-21(35-3)13-11-20)31-27(33)17-23-19(2)29-25-15-14-22(36-4)16-24(23)25/h10-16,26,29H,5-9,17H2,1-4H3,(H,30,34)(H,31,33)/t26-/m0/s1. The SMILES string of the molecule is COc1ccc(NC(=O)[C@H](CCCCCC(C)=O)NC(=O)Cc2c(C)[nH]c3ccc(OC)cc23)cc1. The van der Waals surface area contributed by atoms with Crippen molar-refractivity contribution in [3.8, 4) is 11.5 Å². The van der Waals surface area contributed by atoms with Gasteiger partial charge in [0, 0.05) is 28.7 Å². The molecule has 0 aliphatic rings. The molecule has 0 bridgehead atoms. The third-order valence-corrected chi connectivity index (χ3v) is 6.19. The number of carbonyl (C=O) groups is 3. The number of aromatic nitrogens is 1. The molecule has 1 aromatic heterocycles. The summed E-state index contributed by atoms with van der Waals surface area (Å²) in [5, 5.41) is 6.74. The third-order valence-electron chi connectivity index (χ3n) is 6.19. The minimum Gasteiger partial charge on any atom is -0.497 e. The molecule has 0 spiro atoms. The van der Waals surface area contributed by atoms with Crippen molar-refractivity contribution in [2.24, 2.45) is 0 Å². The number of H-pyrrole nitrogens is 1. The molecular weight excluding hydrogens is 458 g/mol. The zero-order valence-corrected chi connectivity index (χ0v) is 21.4. The van der Waals surface area contributed by atoms with Crippen LogP contribution in [0.25, 0.3) is 10.9 Å². The molecule has 2 amide bonds. The maximum atomic E-state index is 13.1. The van der Waals surface area contributed by atoms with Crippen LogP contribution in [0.1, 0.15) is 50.3 Å². The lowest BCUT2D eigenvalue weighted by atomic mass is 10.0. The number of fused-ring (bicyclic) bond motifs is 1. The van der Waals surface area contributed by atoms with E-state index in [-0.39, 0.29) is 24.0 Å². The van der Waals surface area contributed by atoms with E-state index < -0.39 is 6.04 Å². The number of hydrogen-bond acceptors (Lipinski definition) is 5. The topological polar surface area (TPSA) is 110 Å². The fourth-order valence-electron chi connectivity index (χ4n) is 4.19. The summed E-state index contributed by atoms with van der Waals surface area (Å²) in [6.07, 6.45) is 3.44. The molecule has 3 aromatic rings. The van der Waals surface area contributed by atoms with Gasteiger partial charge in [0.2, 0.25) is 11.8 Å². The summed E-state index contributed by atoms with van der Waals surface area (Å²) in [6, 6.07) is 12.0. The predicted octanol–water partition coefficient (Wildman–Crippen LogP) is 4.70. The highest BCUT2D eigenvalue weighted by Crippen LogP contribution is 2.27. The summed E-state index contributed by atoms with van der Waals surface area (Å²) in [7, 11) is 3.19. The van der Waals surface area contributed by atoms with Gasteiger partial charge in [-0.05, 0) is 74.7 Å². The molecule has 0 fully saturated rings. The molecule has 0 saturated carbocycles. The molecular formula is C28H35N3O5. The number of ether oxygens (including phenoxy) is 2. The van der Waals surface area contributed by atoms with Gasteiger partial charge in [-0.3, -0.25) is 9.59 Å². The number of ketones is 1. The molecule has 1 heterocycles. The molecule has 36 heavy (non-hydrogen) atoms. The number of benzene rings is 2. The van der Waals surface area contributed by atoms with Crippen molar-refractivity contribution in [3.05, 3.63) is 53.7 Å². The van der Waals surface area contributed by atoms with Crippen molar-refractivity contribution >= 4 is 34.2 Å². The number of anilines is 1. The van der Waals surface area contributed by atoms with Crippen LogP contribution in [0.15, 0.2) is 42.5 Å². The van der Waals surface area contributed by atoms with Crippen LogP contribution in [0.3, 0.4) is 0 Å². The Morgan fingerprint density at radius 2 is 1.64 bits per heavy atom. The second-order valence-corrected chi connectivity index (χ2v) is 8.96. The minimum atomic E-state index is -0.697. The van der Waals surface area contributed by atoms with Gasteiger partial charge in [-0.1, -0.05) is 12.8 Å². The fourth-order valence-corrected chi connectivity index (χ4v) is 4.19. The van der Waals surface area contributed by atoms with Gasteiger partial charge >= 0.3 is 0 Å². The van der Waals surface area contributed by atoms with Crippen LogP contribution in [0.5, 0.6) is 11.5 Å². The number of nitrogens with one attached hydrogen (secondary N) is 3. The Hall–Kier alpha value is -3.81. The van der Waals surface area contributed by atoms with Crippen molar-refractivity contribution in [2.45, 2.75) is 58.4 Å². The summed E-state index contributed by atoms with van der Waals surface area (Å²) in [4.78, 5) is 40.7. The number of aromatic amines is 1. The highest BCUT2D eigenvalue weighted by atomic mass is 16.5. The average Bonchev–Trinajstić information content (AvgIpc) is 3.17. The molecule has 1 atom stereocenters. The van der Waals surface area contributed by atoms with Crippen LogP contribution in [0, 0.1) is 6.92 Å². The van der Waals surface area contributed by atoms with Crippen molar-refractivity contribution in [3.63, 3.8) is 0 Å². The fraction of sp³-hybridized carbons (Fsp3) is 0.393. The van der Waals surface area contributed by atoms with E-state index in [1.165, 1.54) is 0 Å². The highest BCUT2D eigenvalue weighted by Gasteiger charge is 2.22. The van der Waals surface area contributed by atoms with Gasteiger partial charge in [-0.25, -0.2) is 0 Å². The van der Waals surface area contributed by atoms with Gasteiger partial charge in [-0.2, -0.15) is 0 Å². The number of hydrogen-bond donors (Lipinski definition) is 3. The molecule has 0 saturated heterocycles. The molecule has 192 valence electrons. The predicted molar refractivity (Wildman–Crippen MR) is 141 cm³/mol. The number of amides is 2. The van der Waals surface area contributed by atoms with Gasteiger partial charge in [0.1, 0.15) is 23.3 Å². The van der Waals surface area contributed by atoms with Crippen LogP contribution in [0.4, 0.5) is 5.69 Å². The number of Topliss-reactive ketones (excluding diaryl/α,β-unsaturated/α-hetero) is 1. The van der Waals surface area contributed by atoms with E-state index in [1.807, 2.05) is 25.1 Å². The number of rotatable bonds is 13. The second-order valence-electron chi connectivity index (χ2n) is 8.96. The Kier molecular flexibility index (Phi) is 9.50. The van der Waals surface area contributed by atoms with E-state index in [2.05, 4.69) is 15.6 Å². The van der Waals surface area contributed by atoms with Crippen molar-refractivity contribution in [1.82, 2.24) is 10.3 Å². The summed E-state index contributed by atoms with van der Waals surface area (Å²) in [6.45, 7) is 3.51. The summed E-state index contributed by atoms with van der Waals surface area (Å²) < 4.78 is 10.5. The van der Waals surface area contributed by atoms with Crippen molar-refractivity contribution in [1.29, 1.82) is 0 Å². The maximum Gasteiger partial charge on any atom is 0.246 e. The lowest BCUT2D eigenvalue weighted by molar-refractivity contribution is -0.126. The summed E-state index contributed by atoms with van der Waals surface area (Å²) >= 11 is 0. The molecule has 8 nitrogen and oxygen atoms in total. The van der Waals surface area contributed by atoms with Gasteiger partial charge in [0.05, 0.1) is 20.6 Å². The number of carbonyl (C=O) groups excluding carboxylic acids is 3. The first-order chi connectivity index (χ1) is 17.3. The number of unbranched alkanes of at least 4 members (excludes halogenated alkanes) is 2. The van der Waals surface area contributed by atoms with E-state index in [4.69, 9.17) is 9.47 Å². The van der Waals surface area contributed by atoms with E-state index in [1.54, 1.807) is 45.4 Å². The Labute approximate surface area is 211 Å². The first kappa shape index (κ1) is 26.8. The van der Waals surface area contributed by atoms with Gasteiger partial charge < -0.3 is 29.9 Å². The largest absolute Gasteiger partial charge is 0.497 e. The minimum absolute atomic E-state index is 0.135. The van der Waals surface area contributed by atoms with Crippen LogP contribution in [0.2, 0.25) is 0 Å². The first-order valence-electron chi connectivity index (χ1n) is 12.2. The zero-order valence-electron chi connectivity index (χ0n) is 21.4. The number of methoxy groups -OCH3 is 2. The molecule has 8 heteroatoms. The van der Waals surface area contributed by atoms with Crippen molar-refractivity contribution in [2.75, 3.05) is 19.5 Å². The molecule has 0 aliphatic carbocycles. The third kappa shape index (κ3) is 7.34. The van der Waals surface area contributed by atoms with Crippen LogP contribution in [-0.2, 0) is 20.8 Å². The average molecular weight is 494 g/mol. The highest BCUT2D eigenvalue weighted by molar-refractivity contribution is 5.98. The molecule has 3 N–H and O–H groups in total. The van der Waals surface area contributed by atoms with E-state index in [9.17, 15) is 14.4 Å². The first-order valence-corrected chi connectivity index (χ1v) is 12.2. The molecule has 2 aromatic carbocycles.